The first-order valence-corrected chi connectivity index (χ1v) is 8.25. The lowest BCUT2D eigenvalue weighted by Gasteiger charge is -2.32. The molecule has 1 aromatic rings. The van der Waals surface area contributed by atoms with Crippen LogP contribution in [0.2, 0.25) is 0 Å². The van der Waals surface area contributed by atoms with Gasteiger partial charge in [-0.05, 0) is 43.9 Å². The third-order valence-electron chi connectivity index (χ3n) is 4.88. The molecule has 0 aliphatic heterocycles. The van der Waals surface area contributed by atoms with Crippen molar-refractivity contribution in [1.82, 2.24) is 4.98 Å². The number of fused-ring (bicyclic) bond motifs is 1. The van der Waals surface area contributed by atoms with Crippen LogP contribution in [-0.2, 0) is 19.3 Å². The molecule has 1 fully saturated rings. The lowest BCUT2D eigenvalue weighted by molar-refractivity contribution is 0.256. The summed E-state index contributed by atoms with van der Waals surface area (Å²) in [4.78, 5) is 6.42. The molecule has 100 valence electrons. The zero-order valence-electron chi connectivity index (χ0n) is 11.4. The van der Waals surface area contributed by atoms with Gasteiger partial charge in [0.05, 0.1) is 10.7 Å². The quantitative estimate of drug-likeness (QED) is 0.908. The van der Waals surface area contributed by atoms with Gasteiger partial charge < -0.3 is 5.73 Å². The summed E-state index contributed by atoms with van der Waals surface area (Å²) in [5.41, 5.74) is 8.10. The van der Waals surface area contributed by atoms with Crippen molar-refractivity contribution < 1.29 is 0 Å². The lowest BCUT2D eigenvalue weighted by Crippen LogP contribution is -2.24. The van der Waals surface area contributed by atoms with Crippen molar-refractivity contribution in [3.63, 3.8) is 0 Å². The highest BCUT2D eigenvalue weighted by Crippen LogP contribution is 2.48. The highest BCUT2D eigenvalue weighted by molar-refractivity contribution is 7.11. The summed E-state index contributed by atoms with van der Waals surface area (Å²) >= 11 is 1.95. The molecule has 2 N–H and O–H groups in total. The van der Waals surface area contributed by atoms with Gasteiger partial charge >= 0.3 is 0 Å². The van der Waals surface area contributed by atoms with E-state index in [4.69, 9.17) is 10.7 Å². The van der Waals surface area contributed by atoms with Crippen LogP contribution in [-0.4, -0.2) is 11.0 Å². The maximum atomic E-state index is 6.05. The summed E-state index contributed by atoms with van der Waals surface area (Å²) in [5.74, 6) is 0. The first kappa shape index (κ1) is 12.6. The van der Waals surface area contributed by atoms with Gasteiger partial charge in [-0.2, -0.15) is 0 Å². The Morgan fingerprint density at radius 3 is 2.83 bits per heavy atom. The van der Waals surface area contributed by atoms with Gasteiger partial charge in [0.2, 0.25) is 0 Å². The minimum Gasteiger partial charge on any atom is -0.327 e. The molecular weight excluding hydrogens is 240 g/mol. The van der Waals surface area contributed by atoms with Gasteiger partial charge in [0.25, 0.3) is 0 Å². The van der Waals surface area contributed by atoms with Crippen LogP contribution < -0.4 is 5.73 Å². The van der Waals surface area contributed by atoms with Crippen LogP contribution in [0.5, 0.6) is 0 Å². The number of hydrogen-bond acceptors (Lipinski definition) is 3. The number of aromatic nitrogens is 1. The molecule has 2 aliphatic rings. The third kappa shape index (κ3) is 2.35. The van der Waals surface area contributed by atoms with Crippen LogP contribution in [0.1, 0.15) is 61.0 Å². The number of nitrogens with zero attached hydrogens (tertiary/aromatic N) is 1. The van der Waals surface area contributed by atoms with Crippen LogP contribution in [0.4, 0.5) is 0 Å². The molecule has 2 nitrogen and oxygen atoms in total. The van der Waals surface area contributed by atoms with Crippen molar-refractivity contribution in [2.24, 2.45) is 11.1 Å². The van der Waals surface area contributed by atoms with Gasteiger partial charge in [-0.25, -0.2) is 4.98 Å². The minimum absolute atomic E-state index is 0.290. The maximum absolute atomic E-state index is 6.05. The molecule has 1 unspecified atom stereocenters. The fourth-order valence-corrected chi connectivity index (χ4v) is 4.97. The summed E-state index contributed by atoms with van der Waals surface area (Å²) in [6, 6.07) is 0.290. The number of nitrogens with two attached hydrogens (primary N) is 1. The number of thiazole rings is 1. The fraction of sp³-hybridized carbons (Fsp3) is 0.800. The molecule has 0 aromatic carbocycles. The van der Waals surface area contributed by atoms with Gasteiger partial charge in [0, 0.05) is 17.3 Å². The molecule has 1 atom stereocenters. The molecule has 2 aliphatic carbocycles. The van der Waals surface area contributed by atoms with Crippen LogP contribution in [0.25, 0.3) is 0 Å². The first-order chi connectivity index (χ1) is 8.71. The van der Waals surface area contributed by atoms with Crippen LogP contribution in [0.3, 0.4) is 0 Å². The SMILES string of the molecule is CCC(N)Cc1nc2c(s1)CC1(CCCC1)CC2. The van der Waals surface area contributed by atoms with Crippen LogP contribution >= 0.6 is 11.3 Å². The maximum Gasteiger partial charge on any atom is 0.0946 e. The standard InChI is InChI=1S/C15H24N2S/c1-2-11(16)9-14-17-12-5-8-15(6-3-4-7-15)10-13(12)18-14/h11H,2-10,16H2,1H3. The third-order valence-corrected chi connectivity index (χ3v) is 6.00. The van der Waals surface area contributed by atoms with E-state index >= 15 is 0 Å². The highest BCUT2D eigenvalue weighted by Gasteiger charge is 2.38. The zero-order chi connectivity index (χ0) is 12.6. The smallest absolute Gasteiger partial charge is 0.0946 e. The predicted octanol–water partition coefficient (Wildman–Crippen LogP) is 3.47. The molecule has 1 spiro atoms. The normalized spacial score (nSPS) is 23.2. The lowest BCUT2D eigenvalue weighted by atomic mass is 9.74. The summed E-state index contributed by atoms with van der Waals surface area (Å²) < 4.78 is 0. The van der Waals surface area contributed by atoms with Crippen molar-refractivity contribution in [3.8, 4) is 0 Å². The Hall–Kier alpha value is -0.410. The second kappa shape index (κ2) is 4.93. The summed E-state index contributed by atoms with van der Waals surface area (Å²) in [7, 11) is 0. The molecular formula is C15H24N2S. The molecule has 0 bridgehead atoms. The van der Waals surface area contributed by atoms with Crippen molar-refractivity contribution in [3.05, 3.63) is 15.6 Å². The number of rotatable bonds is 3. The van der Waals surface area contributed by atoms with E-state index in [9.17, 15) is 0 Å². The Bertz CT molecular complexity index is 418. The van der Waals surface area contributed by atoms with Gasteiger partial charge in [-0.1, -0.05) is 19.8 Å². The Morgan fingerprint density at radius 2 is 2.11 bits per heavy atom. The summed E-state index contributed by atoms with van der Waals surface area (Å²) in [6.07, 6.45) is 11.7. The molecule has 18 heavy (non-hydrogen) atoms. The minimum atomic E-state index is 0.290. The Morgan fingerprint density at radius 1 is 1.33 bits per heavy atom. The van der Waals surface area contributed by atoms with Gasteiger partial charge in [-0.15, -0.1) is 11.3 Å². The summed E-state index contributed by atoms with van der Waals surface area (Å²) in [5, 5.41) is 1.28. The van der Waals surface area contributed by atoms with Crippen LogP contribution in [0.15, 0.2) is 0 Å². The Balaban J connectivity index is 1.75. The van der Waals surface area contributed by atoms with E-state index in [1.807, 2.05) is 11.3 Å². The van der Waals surface area contributed by atoms with Gasteiger partial charge in [-0.3, -0.25) is 0 Å². The first-order valence-electron chi connectivity index (χ1n) is 7.44. The highest BCUT2D eigenvalue weighted by atomic mass is 32.1. The molecule has 3 heteroatoms. The van der Waals surface area contributed by atoms with E-state index in [2.05, 4.69) is 6.92 Å². The van der Waals surface area contributed by atoms with E-state index < -0.39 is 0 Å². The topological polar surface area (TPSA) is 38.9 Å². The molecule has 1 aromatic heterocycles. The molecule has 1 saturated carbocycles. The molecule has 0 saturated heterocycles. The van der Waals surface area contributed by atoms with Gasteiger partial charge in [0.1, 0.15) is 0 Å². The van der Waals surface area contributed by atoms with E-state index in [1.54, 1.807) is 4.88 Å². The van der Waals surface area contributed by atoms with E-state index in [0.717, 1.165) is 12.8 Å². The molecule has 0 amide bonds. The number of aryl methyl sites for hydroxylation is 1. The van der Waals surface area contributed by atoms with Crippen molar-refractivity contribution >= 4 is 11.3 Å². The summed E-state index contributed by atoms with van der Waals surface area (Å²) in [6.45, 7) is 2.16. The molecule has 0 radical (unpaired) electrons. The molecule has 3 rings (SSSR count). The van der Waals surface area contributed by atoms with Crippen molar-refractivity contribution in [2.45, 2.75) is 70.8 Å². The second-order valence-electron chi connectivity index (χ2n) is 6.23. The second-order valence-corrected chi connectivity index (χ2v) is 7.40. The van der Waals surface area contributed by atoms with E-state index in [-0.39, 0.29) is 6.04 Å². The average Bonchev–Trinajstić information content (AvgIpc) is 2.96. The largest absolute Gasteiger partial charge is 0.327 e. The van der Waals surface area contributed by atoms with E-state index in [1.165, 1.54) is 55.6 Å². The monoisotopic (exact) mass is 264 g/mol. The predicted molar refractivity (Wildman–Crippen MR) is 77.0 cm³/mol. The van der Waals surface area contributed by atoms with Gasteiger partial charge in [0.15, 0.2) is 0 Å². The average molecular weight is 264 g/mol. The Labute approximate surface area is 114 Å². The van der Waals surface area contributed by atoms with Crippen molar-refractivity contribution in [2.75, 3.05) is 0 Å². The number of hydrogen-bond donors (Lipinski definition) is 1. The van der Waals surface area contributed by atoms with Crippen LogP contribution in [0, 0.1) is 5.41 Å². The fourth-order valence-electron chi connectivity index (χ4n) is 3.59. The molecule has 1 heterocycles. The van der Waals surface area contributed by atoms with Crippen molar-refractivity contribution in [1.29, 1.82) is 0 Å². The van der Waals surface area contributed by atoms with E-state index in [0.29, 0.717) is 5.41 Å². The zero-order valence-corrected chi connectivity index (χ0v) is 12.2. The Kier molecular flexibility index (Phi) is 3.46.